The number of hydrogen-bond donors (Lipinski definition) is 1. The first kappa shape index (κ1) is 18.1. The number of aromatic nitrogens is 2. The van der Waals surface area contributed by atoms with E-state index in [1.165, 1.54) is 0 Å². The van der Waals surface area contributed by atoms with E-state index in [-0.39, 0.29) is 5.91 Å². The smallest absolute Gasteiger partial charge is 0.245 e. The number of anilines is 3. The van der Waals surface area contributed by atoms with Crippen LogP contribution in [0.15, 0.2) is 54.7 Å². The molecule has 2 aromatic carbocycles. The summed E-state index contributed by atoms with van der Waals surface area (Å²) in [6.45, 7) is 0. The maximum atomic E-state index is 13.4. The van der Waals surface area contributed by atoms with Crippen LogP contribution in [-0.2, 0) is 17.3 Å². The zero-order valence-corrected chi connectivity index (χ0v) is 16.9. The van der Waals surface area contributed by atoms with Gasteiger partial charge in [-0.3, -0.25) is 9.48 Å². The van der Waals surface area contributed by atoms with E-state index in [9.17, 15) is 4.79 Å². The number of rotatable bonds is 4. The standard InChI is InChI=1S/C22H25N5O/c1-25(2)17-10-6-15(7-11-17)22(16-8-12-18(13-9-16)26(3)4)19-14-27(5)24-20(19)23-21(22)28/h6-14H,1-5H3,(H,23,24,28). The molecule has 0 spiro atoms. The maximum absolute atomic E-state index is 13.4. The molecular formula is C22H25N5O. The number of hydrogen-bond acceptors (Lipinski definition) is 4. The summed E-state index contributed by atoms with van der Waals surface area (Å²) in [5, 5.41) is 7.44. The Hall–Kier alpha value is -3.28. The van der Waals surface area contributed by atoms with Crippen LogP contribution in [-0.4, -0.2) is 43.9 Å². The molecule has 0 fully saturated rings. The van der Waals surface area contributed by atoms with E-state index in [1.54, 1.807) is 4.68 Å². The molecule has 0 aliphatic carbocycles. The molecule has 1 aliphatic rings. The van der Waals surface area contributed by atoms with Gasteiger partial charge < -0.3 is 15.1 Å². The highest BCUT2D eigenvalue weighted by atomic mass is 16.2. The van der Waals surface area contributed by atoms with Crippen molar-refractivity contribution in [3.05, 3.63) is 71.4 Å². The third-order valence-corrected chi connectivity index (χ3v) is 5.44. The molecule has 144 valence electrons. The quantitative estimate of drug-likeness (QED) is 0.762. The fraction of sp³-hybridized carbons (Fsp3) is 0.273. The van der Waals surface area contributed by atoms with Crippen molar-refractivity contribution in [3.8, 4) is 0 Å². The second kappa shape index (κ2) is 6.41. The molecule has 6 heteroatoms. The molecule has 0 radical (unpaired) electrons. The fourth-order valence-electron chi connectivity index (χ4n) is 3.94. The van der Waals surface area contributed by atoms with Crippen LogP contribution in [0.3, 0.4) is 0 Å². The first-order chi connectivity index (χ1) is 13.3. The molecule has 0 saturated carbocycles. The number of aryl methyl sites for hydroxylation is 1. The highest BCUT2D eigenvalue weighted by Crippen LogP contribution is 2.47. The molecule has 3 aromatic rings. The largest absolute Gasteiger partial charge is 0.378 e. The van der Waals surface area contributed by atoms with Gasteiger partial charge in [-0.25, -0.2) is 0 Å². The Balaban J connectivity index is 1.95. The second-order valence-electron chi connectivity index (χ2n) is 7.65. The molecule has 1 N–H and O–H groups in total. The highest BCUT2D eigenvalue weighted by Gasteiger charge is 2.51. The van der Waals surface area contributed by atoms with E-state index < -0.39 is 5.41 Å². The minimum absolute atomic E-state index is 0.0687. The average Bonchev–Trinajstić information content (AvgIpc) is 3.15. The van der Waals surface area contributed by atoms with Crippen LogP contribution in [0.5, 0.6) is 0 Å². The van der Waals surface area contributed by atoms with Crippen LogP contribution in [0.25, 0.3) is 0 Å². The third-order valence-electron chi connectivity index (χ3n) is 5.44. The normalized spacial score (nSPS) is 14.5. The number of benzene rings is 2. The first-order valence-corrected chi connectivity index (χ1v) is 9.25. The topological polar surface area (TPSA) is 53.4 Å². The molecule has 6 nitrogen and oxygen atoms in total. The van der Waals surface area contributed by atoms with Gasteiger partial charge >= 0.3 is 0 Å². The van der Waals surface area contributed by atoms with Crippen LogP contribution in [0.1, 0.15) is 16.7 Å². The van der Waals surface area contributed by atoms with Crippen molar-refractivity contribution in [2.45, 2.75) is 5.41 Å². The molecule has 1 amide bonds. The van der Waals surface area contributed by atoms with Crippen LogP contribution < -0.4 is 15.1 Å². The maximum Gasteiger partial charge on any atom is 0.245 e. The van der Waals surface area contributed by atoms with Gasteiger partial charge in [-0.1, -0.05) is 24.3 Å². The van der Waals surface area contributed by atoms with Crippen LogP contribution >= 0.6 is 0 Å². The summed E-state index contributed by atoms with van der Waals surface area (Å²) in [4.78, 5) is 17.5. The summed E-state index contributed by atoms with van der Waals surface area (Å²) in [7, 11) is 9.90. The minimum atomic E-state index is -0.917. The van der Waals surface area contributed by atoms with E-state index in [2.05, 4.69) is 10.4 Å². The lowest BCUT2D eigenvalue weighted by atomic mass is 9.71. The number of fused-ring (bicyclic) bond motifs is 1. The van der Waals surface area contributed by atoms with Gasteiger partial charge in [0.05, 0.1) is 0 Å². The van der Waals surface area contributed by atoms with E-state index in [1.807, 2.05) is 99.8 Å². The van der Waals surface area contributed by atoms with Crippen molar-refractivity contribution in [3.63, 3.8) is 0 Å². The van der Waals surface area contributed by atoms with Crippen molar-refractivity contribution in [1.82, 2.24) is 9.78 Å². The van der Waals surface area contributed by atoms with Crippen LogP contribution in [0.2, 0.25) is 0 Å². The Morgan fingerprint density at radius 3 is 1.75 bits per heavy atom. The number of nitrogens with one attached hydrogen (secondary N) is 1. The summed E-state index contributed by atoms with van der Waals surface area (Å²) in [5.74, 6) is 0.557. The Kier molecular flexibility index (Phi) is 4.14. The first-order valence-electron chi connectivity index (χ1n) is 9.25. The van der Waals surface area contributed by atoms with Gasteiger partial charge in [-0.05, 0) is 35.4 Å². The molecule has 0 saturated heterocycles. The second-order valence-corrected chi connectivity index (χ2v) is 7.65. The lowest BCUT2D eigenvalue weighted by Gasteiger charge is -2.29. The molecule has 0 bridgehead atoms. The summed E-state index contributed by atoms with van der Waals surface area (Å²) >= 11 is 0. The van der Waals surface area contributed by atoms with Crippen molar-refractivity contribution in [2.24, 2.45) is 7.05 Å². The van der Waals surface area contributed by atoms with Crippen molar-refractivity contribution >= 4 is 23.1 Å². The number of carbonyl (C=O) groups excluding carboxylic acids is 1. The predicted molar refractivity (Wildman–Crippen MR) is 113 cm³/mol. The summed E-state index contributed by atoms with van der Waals surface area (Å²) < 4.78 is 1.75. The number of amides is 1. The highest BCUT2D eigenvalue weighted by molar-refractivity contribution is 6.10. The van der Waals surface area contributed by atoms with Gasteiger partial charge in [0.2, 0.25) is 5.91 Å². The Labute approximate surface area is 165 Å². The van der Waals surface area contributed by atoms with E-state index in [4.69, 9.17) is 0 Å². The Bertz CT molecular complexity index is 965. The van der Waals surface area contributed by atoms with Gasteiger partial charge in [0.1, 0.15) is 5.41 Å². The number of nitrogens with zero attached hydrogens (tertiary/aromatic N) is 4. The van der Waals surface area contributed by atoms with Crippen LogP contribution in [0.4, 0.5) is 17.2 Å². The lowest BCUT2D eigenvalue weighted by molar-refractivity contribution is -0.118. The third kappa shape index (κ3) is 2.56. The van der Waals surface area contributed by atoms with Gasteiger partial charge in [-0.15, -0.1) is 0 Å². The van der Waals surface area contributed by atoms with Gasteiger partial charge in [0.25, 0.3) is 0 Å². The molecule has 2 heterocycles. The van der Waals surface area contributed by atoms with Crippen LogP contribution in [0, 0.1) is 0 Å². The van der Waals surface area contributed by atoms with Gasteiger partial charge in [0.15, 0.2) is 5.82 Å². The summed E-state index contributed by atoms with van der Waals surface area (Å²) in [6, 6.07) is 16.3. The number of carbonyl (C=O) groups is 1. The van der Waals surface area contributed by atoms with E-state index in [0.717, 1.165) is 28.1 Å². The van der Waals surface area contributed by atoms with E-state index in [0.29, 0.717) is 5.82 Å². The Morgan fingerprint density at radius 1 is 0.857 bits per heavy atom. The summed E-state index contributed by atoms with van der Waals surface area (Å²) in [6.07, 6.45) is 1.94. The summed E-state index contributed by atoms with van der Waals surface area (Å²) in [5.41, 5.74) is 4.01. The predicted octanol–water partition coefficient (Wildman–Crippen LogP) is 2.84. The molecule has 0 atom stereocenters. The van der Waals surface area contributed by atoms with Crippen molar-refractivity contribution in [2.75, 3.05) is 43.3 Å². The molecular weight excluding hydrogens is 350 g/mol. The monoisotopic (exact) mass is 375 g/mol. The average molecular weight is 375 g/mol. The molecule has 4 rings (SSSR count). The molecule has 28 heavy (non-hydrogen) atoms. The van der Waals surface area contributed by atoms with E-state index >= 15 is 0 Å². The molecule has 1 aromatic heterocycles. The Morgan fingerprint density at radius 2 is 1.32 bits per heavy atom. The molecule has 0 unspecified atom stereocenters. The lowest BCUT2D eigenvalue weighted by Crippen LogP contribution is -2.37. The SMILES string of the molecule is CN(C)c1ccc(C2(c3ccc(N(C)C)cc3)C(=O)Nc3nn(C)cc32)cc1. The van der Waals surface area contributed by atoms with Crippen molar-refractivity contribution in [1.29, 1.82) is 0 Å². The minimum Gasteiger partial charge on any atom is -0.378 e. The fourth-order valence-corrected chi connectivity index (χ4v) is 3.94. The van der Waals surface area contributed by atoms with Gasteiger partial charge in [0, 0.05) is 58.4 Å². The van der Waals surface area contributed by atoms with Gasteiger partial charge in [-0.2, -0.15) is 5.10 Å². The van der Waals surface area contributed by atoms with Crippen molar-refractivity contribution < 1.29 is 4.79 Å². The molecule has 1 aliphatic heterocycles. The zero-order chi connectivity index (χ0) is 20.1. The zero-order valence-electron chi connectivity index (χ0n) is 16.9.